The monoisotopic (exact) mass is 404 g/mol. The maximum absolute atomic E-state index is 12.3. The number of nitrogens with one attached hydrogen (secondary N) is 1. The maximum atomic E-state index is 12.3. The number of sulfonamides is 1. The predicted molar refractivity (Wildman–Crippen MR) is 107 cm³/mol. The molecule has 8 heteroatoms. The van der Waals surface area contributed by atoms with E-state index in [0.29, 0.717) is 11.3 Å². The van der Waals surface area contributed by atoms with E-state index in [1.54, 1.807) is 6.07 Å². The van der Waals surface area contributed by atoms with Crippen LogP contribution in [-0.2, 0) is 19.6 Å². The number of carbonyl (C=O) groups is 2. The highest BCUT2D eigenvalue weighted by molar-refractivity contribution is 7.89. The molecule has 0 saturated carbocycles. The largest absolute Gasteiger partial charge is 0.452 e. The summed E-state index contributed by atoms with van der Waals surface area (Å²) in [5, 5.41) is 2.54. The highest BCUT2D eigenvalue weighted by atomic mass is 32.2. The molecule has 0 atom stereocenters. The smallest absolute Gasteiger partial charge is 0.339 e. The van der Waals surface area contributed by atoms with Gasteiger partial charge in [-0.15, -0.1) is 0 Å². The van der Waals surface area contributed by atoms with E-state index in [1.807, 2.05) is 32.9 Å². The second kappa shape index (κ2) is 8.53. The van der Waals surface area contributed by atoms with Crippen LogP contribution >= 0.6 is 0 Å². The van der Waals surface area contributed by atoms with E-state index < -0.39 is 28.5 Å². The first kappa shape index (κ1) is 21.6. The molecule has 28 heavy (non-hydrogen) atoms. The number of aryl methyl sites for hydroxylation is 3. The topological polar surface area (TPSA) is 92.8 Å². The standard InChI is InChI=1S/C20H24N2O5S/c1-13-9-14(2)19(15(3)10-13)20(24)27-12-18(23)21-16-7-6-8-17(11-16)28(25,26)22(4)5/h6-11H,12H2,1-5H3,(H,21,23). The van der Waals surface area contributed by atoms with E-state index in [9.17, 15) is 18.0 Å². The fourth-order valence-electron chi connectivity index (χ4n) is 2.85. The van der Waals surface area contributed by atoms with Gasteiger partial charge in [-0.1, -0.05) is 23.8 Å². The van der Waals surface area contributed by atoms with Gasteiger partial charge in [-0.05, 0) is 50.1 Å². The molecule has 0 radical (unpaired) electrons. The van der Waals surface area contributed by atoms with Crippen LogP contribution in [0.25, 0.3) is 0 Å². The first-order chi connectivity index (χ1) is 13.0. The van der Waals surface area contributed by atoms with Crippen molar-refractivity contribution in [2.75, 3.05) is 26.0 Å². The van der Waals surface area contributed by atoms with E-state index in [-0.39, 0.29) is 4.90 Å². The van der Waals surface area contributed by atoms with Crippen LogP contribution in [0.1, 0.15) is 27.0 Å². The summed E-state index contributed by atoms with van der Waals surface area (Å²) in [6, 6.07) is 9.62. The number of nitrogens with zero attached hydrogens (tertiary/aromatic N) is 1. The Bertz CT molecular complexity index is 990. The molecule has 0 bridgehead atoms. The number of amides is 1. The third-order valence-corrected chi connectivity index (χ3v) is 5.92. The second-order valence-electron chi connectivity index (χ2n) is 6.71. The van der Waals surface area contributed by atoms with Gasteiger partial charge in [0, 0.05) is 19.8 Å². The van der Waals surface area contributed by atoms with Crippen molar-refractivity contribution in [3.63, 3.8) is 0 Å². The van der Waals surface area contributed by atoms with Crippen molar-refractivity contribution < 1.29 is 22.7 Å². The zero-order valence-electron chi connectivity index (χ0n) is 16.6. The fourth-order valence-corrected chi connectivity index (χ4v) is 3.80. The van der Waals surface area contributed by atoms with Crippen LogP contribution in [0.15, 0.2) is 41.3 Å². The van der Waals surface area contributed by atoms with Gasteiger partial charge in [0.05, 0.1) is 10.5 Å². The summed E-state index contributed by atoms with van der Waals surface area (Å²) in [7, 11) is -0.762. The molecular formula is C20H24N2O5S. The molecule has 2 aromatic rings. The van der Waals surface area contributed by atoms with Crippen LogP contribution in [0.5, 0.6) is 0 Å². The van der Waals surface area contributed by atoms with Crippen molar-refractivity contribution in [2.45, 2.75) is 25.7 Å². The highest BCUT2D eigenvalue weighted by Gasteiger charge is 2.19. The average molecular weight is 404 g/mol. The van der Waals surface area contributed by atoms with Crippen molar-refractivity contribution in [1.82, 2.24) is 4.31 Å². The van der Waals surface area contributed by atoms with E-state index in [1.165, 1.54) is 32.3 Å². The van der Waals surface area contributed by atoms with Crippen molar-refractivity contribution in [3.05, 3.63) is 58.7 Å². The third kappa shape index (κ3) is 4.96. The summed E-state index contributed by atoms with van der Waals surface area (Å²) in [5.74, 6) is -1.13. The zero-order chi connectivity index (χ0) is 21.1. The summed E-state index contributed by atoms with van der Waals surface area (Å²) in [6.45, 7) is 5.09. The molecule has 0 aliphatic rings. The van der Waals surface area contributed by atoms with Crippen LogP contribution in [-0.4, -0.2) is 45.3 Å². The van der Waals surface area contributed by atoms with Gasteiger partial charge in [0.25, 0.3) is 5.91 Å². The minimum absolute atomic E-state index is 0.0539. The van der Waals surface area contributed by atoms with Gasteiger partial charge in [0.2, 0.25) is 10.0 Å². The summed E-state index contributed by atoms with van der Waals surface area (Å²) in [5.41, 5.74) is 3.34. The molecule has 1 N–H and O–H groups in total. The molecule has 7 nitrogen and oxygen atoms in total. The van der Waals surface area contributed by atoms with E-state index in [0.717, 1.165) is 21.0 Å². The average Bonchev–Trinajstić information content (AvgIpc) is 2.59. The number of ether oxygens (including phenoxy) is 1. The zero-order valence-corrected chi connectivity index (χ0v) is 17.4. The van der Waals surface area contributed by atoms with Gasteiger partial charge in [0.15, 0.2) is 6.61 Å². The minimum atomic E-state index is -3.61. The first-order valence-corrected chi connectivity index (χ1v) is 10.0. The number of rotatable bonds is 6. The summed E-state index contributed by atoms with van der Waals surface area (Å²) in [6.07, 6.45) is 0. The molecule has 150 valence electrons. The van der Waals surface area contributed by atoms with Crippen LogP contribution in [0.4, 0.5) is 5.69 Å². The van der Waals surface area contributed by atoms with Gasteiger partial charge in [-0.2, -0.15) is 0 Å². The van der Waals surface area contributed by atoms with E-state index in [4.69, 9.17) is 4.74 Å². The highest BCUT2D eigenvalue weighted by Crippen LogP contribution is 2.19. The summed E-state index contributed by atoms with van der Waals surface area (Å²) in [4.78, 5) is 24.5. The van der Waals surface area contributed by atoms with Gasteiger partial charge in [-0.25, -0.2) is 17.5 Å². The molecule has 2 aromatic carbocycles. The van der Waals surface area contributed by atoms with Crippen LogP contribution in [0.2, 0.25) is 0 Å². The SMILES string of the molecule is Cc1cc(C)c(C(=O)OCC(=O)Nc2cccc(S(=O)(=O)N(C)C)c2)c(C)c1. The van der Waals surface area contributed by atoms with Crippen LogP contribution < -0.4 is 5.32 Å². The number of benzene rings is 2. The van der Waals surface area contributed by atoms with Crippen molar-refractivity contribution in [3.8, 4) is 0 Å². The van der Waals surface area contributed by atoms with Gasteiger partial charge in [-0.3, -0.25) is 4.79 Å². The molecule has 0 heterocycles. The molecule has 0 aromatic heterocycles. The quantitative estimate of drug-likeness (QED) is 0.747. The van der Waals surface area contributed by atoms with Crippen LogP contribution in [0, 0.1) is 20.8 Å². The number of carbonyl (C=O) groups excluding carboxylic acids is 2. The Morgan fingerprint density at radius 3 is 2.21 bits per heavy atom. The lowest BCUT2D eigenvalue weighted by Gasteiger charge is -2.13. The Hall–Kier alpha value is -2.71. The Labute approximate surface area is 165 Å². The molecule has 2 rings (SSSR count). The lowest BCUT2D eigenvalue weighted by molar-refractivity contribution is -0.119. The number of anilines is 1. The Balaban J connectivity index is 2.05. The number of esters is 1. The third-order valence-electron chi connectivity index (χ3n) is 4.11. The Morgan fingerprint density at radius 2 is 1.64 bits per heavy atom. The summed E-state index contributed by atoms with van der Waals surface area (Å²) < 4.78 is 30.6. The molecule has 0 aliphatic heterocycles. The van der Waals surface area contributed by atoms with Crippen molar-refractivity contribution >= 4 is 27.6 Å². The molecule has 0 saturated heterocycles. The van der Waals surface area contributed by atoms with Gasteiger partial charge in [0.1, 0.15) is 0 Å². The molecule has 0 unspecified atom stereocenters. The fraction of sp³-hybridized carbons (Fsp3) is 0.300. The van der Waals surface area contributed by atoms with Crippen molar-refractivity contribution in [1.29, 1.82) is 0 Å². The molecular weight excluding hydrogens is 380 g/mol. The predicted octanol–water partition coefficient (Wildman–Crippen LogP) is 2.66. The molecule has 1 amide bonds. The molecule has 0 aliphatic carbocycles. The molecule has 0 spiro atoms. The maximum Gasteiger partial charge on any atom is 0.339 e. The Kier molecular flexibility index (Phi) is 6.58. The van der Waals surface area contributed by atoms with E-state index >= 15 is 0 Å². The first-order valence-electron chi connectivity index (χ1n) is 8.60. The minimum Gasteiger partial charge on any atom is -0.452 e. The Morgan fingerprint density at radius 1 is 1.04 bits per heavy atom. The summed E-state index contributed by atoms with van der Waals surface area (Å²) >= 11 is 0. The van der Waals surface area contributed by atoms with Gasteiger partial charge < -0.3 is 10.1 Å². The normalized spacial score (nSPS) is 11.4. The van der Waals surface area contributed by atoms with Gasteiger partial charge >= 0.3 is 5.97 Å². The lowest BCUT2D eigenvalue weighted by Crippen LogP contribution is -2.23. The van der Waals surface area contributed by atoms with E-state index in [2.05, 4.69) is 5.32 Å². The number of hydrogen-bond donors (Lipinski definition) is 1. The lowest BCUT2D eigenvalue weighted by atomic mass is 10.00. The second-order valence-corrected chi connectivity index (χ2v) is 8.87. The molecule has 0 fully saturated rings. The number of hydrogen-bond acceptors (Lipinski definition) is 5. The van der Waals surface area contributed by atoms with Crippen LogP contribution in [0.3, 0.4) is 0 Å². The van der Waals surface area contributed by atoms with Crippen molar-refractivity contribution in [2.24, 2.45) is 0 Å².